The van der Waals surface area contributed by atoms with Gasteiger partial charge >= 0.3 is 6.03 Å². The number of hydrogen-bond acceptors (Lipinski definition) is 3. The lowest BCUT2D eigenvalue weighted by atomic mass is 9.95. The van der Waals surface area contributed by atoms with Crippen LogP contribution in [0.15, 0.2) is 18.3 Å². The normalized spacial score (nSPS) is 26.7. The summed E-state index contributed by atoms with van der Waals surface area (Å²) in [5, 5.41) is 6.11. The van der Waals surface area contributed by atoms with Crippen LogP contribution in [0.5, 0.6) is 0 Å². The van der Waals surface area contributed by atoms with E-state index in [4.69, 9.17) is 0 Å². The van der Waals surface area contributed by atoms with E-state index in [9.17, 15) is 4.79 Å². The smallest absolute Gasteiger partial charge is 0.315 e. The number of anilines is 1. The van der Waals surface area contributed by atoms with Crippen LogP contribution in [0.4, 0.5) is 10.6 Å². The number of hydrogen-bond donors (Lipinski definition) is 2. The molecule has 2 N–H and O–H groups in total. The van der Waals surface area contributed by atoms with E-state index in [1.165, 1.54) is 19.3 Å². The molecule has 2 aliphatic carbocycles. The molecule has 2 amide bonds. The van der Waals surface area contributed by atoms with Crippen molar-refractivity contribution in [1.82, 2.24) is 15.6 Å². The maximum Gasteiger partial charge on any atom is 0.315 e. The number of carbonyl (C=O) groups excluding carboxylic acids is 1. The number of pyridine rings is 1. The maximum atomic E-state index is 12.1. The maximum absolute atomic E-state index is 12.1. The molecule has 5 heteroatoms. The van der Waals surface area contributed by atoms with E-state index in [1.807, 2.05) is 31.1 Å². The first-order valence-corrected chi connectivity index (χ1v) is 7.79. The van der Waals surface area contributed by atoms with E-state index >= 15 is 0 Å². The minimum atomic E-state index is -0.0545. The molecule has 1 aromatic rings. The van der Waals surface area contributed by atoms with Gasteiger partial charge in [0.25, 0.3) is 0 Å². The lowest BCUT2D eigenvalue weighted by molar-refractivity contribution is 0.230. The molecule has 2 bridgehead atoms. The molecule has 114 valence electrons. The predicted molar refractivity (Wildman–Crippen MR) is 83.2 cm³/mol. The summed E-state index contributed by atoms with van der Waals surface area (Å²) in [6.45, 7) is 0.508. The van der Waals surface area contributed by atoms with Gasteiger partial charge in [-0.3, -0.25) is 0 Å². The molecule has 2 aliphatic rings. The third-order valence-corrected chi connectivity index (χ3v) is 4.79. The Morgan fingerprint density at radius 2 is 2.24 bits per heavy atom. The van der Waals surface area contributed by atoms with Gasteiger partial charge in [-0.2, -0.15) is 0 Å². The van der Waals surface area contributed by atoms with Crippen LogP contribution >= 0.6 is 0 Å². The van der Waals surface area contributed by atoms with Gasteiger partial charge in [-0.25, -0.2) is 9.78 Å². The molecule has 21 heavy (non-hydrogen) atoms. The van der Waals surface area contributed by atoms with Gasteiger partial charge in [0.1, 0.15) is 5.82 Å². The van der Waals surface area contributed by atoms with E-state index in [0.29, 0.717) is 18.5 Å². The van der Waals surface area contributed by atoms with Crippen molar-refractivity contribution in [3.05, 3.63) is 23.9 Å². The molecule has 1 aromatic heterocycles. The number of urea groups is 1. The van der Waals surface area contributed by atoms with Crippen LogP contribution in [0.3, 0.4) is 0 Å². The fourth-order valence-electron chi connectivity index (χ4n) is 3.79. The summed E-state index contributed by atoms with van der Waals surface area (Å²) >= 11 is 0. The van der Waals surface area contributed by atoms with E-state index in [0.717, 1.165) is 23.7 Å². The SMILES string of the molecule is CN(C)c1ncccc1CNC(=O)NC1CC2CCC1C2. The van der Waals surface area contributed by atoms with Gasteiger partial charge in [-0.1, -0.05) is 12.5 Å². The molecule has 1 heterocycles. The zero-order valence-corrected chi connectivity index (χ0v) is 12.8. The summed E-state index contributed by atoms with van der Waals surface area (Å²) < 4.78 is 0. The minimum absolute atomic E-state index is 0.0545. The zero-order valence-electron chi connectivity index (χ0n) is 12.8. The van der Waals surface area contributed by atoms with Crippen LogP contribution in [0.2, 0.25) is 0 Å². The van der Waals surface area contributed by atoms with Gasteiger partial charge in [-0.15, -0.1) is 0 Å². The van der Waals surface area contributed by atoms with Gasteiger partial charge in [-0.05, 0) is 37.2 Å². The largest absolute Gasteiger partial charge is 0.362 e. The second-order valence-corrected chi connectivity index (χ2v) is 6.49. The number of fused-ring (bicyclic) bond motifs is 2. The molecule has 0 aliphatic heterocycles. The summed E-state index contributed by atoms with van der Waals surface area (Å²) in [6, 6.07) is 4.23. The Kier molecular flexibility index (Phi) is 3.99. The monoisotopic (exact) mass is 288 g/mol. The van der Waals surface area contributed by atoms with Crippen LogP contribution in [0.1, 0.15) is 31.2 Å². The first-order valence-electron chi connectivity index (χ1n) is 7.79. The lowest BCUT2D eigenvalue weighted by Gasteiger charge is -2.23. The van der Waals surface area contributed by atoms with Crippen LogP contribution in [0, 0.1) is 11.8 Å². The molecule has 0 spiro atoms. The second kappa shape index (κ2) is 5.92. The predicted octanol–water partition coefficient (Wildman–Crippen LogP) is 2.14. The van der Waals surface area contributed by atoms with Crippen LogP contribution in [0.25, 0.3) is 0 Å². The summed E-state index contributed by atoms with van der Waals surface area (Å²) in [7, 11) is 3.92. The van der Waals surface area contributed by atoms with Crippen molar-refractivity contribution in [1.29, 1.82) is 0 Å². The lowest BCUT2D eigenvalue weighted by Crippen LogP contribution is -2.44. The molecule has 0 aromatic carbocycles. The number of rotatable bonds is 4. The van der Waals surface area contributed by atoms with Gasteiger partial charge in [0.05, 0.1) is 0 Å². The Morgan fingerprint density at radius 1 is 1.38 bits per heavy atom. The average Bonchev–Trinajstić information content (AvgIpc) is 3.08. The highest BCUT2D eigenvalue weighted by molar-refractivity contribution is 5.74. The molecule has 2 saturated carbocycles. The Balaban J connectivity index is 1.52. The van der Waals surface area contributed by atoms with Crippen molar-refractivity contribution in [3.8, 4) is 0 Å². The van der Waals surface area contributed by atoms with E-state index in [-0.39, 0.29) is 6.03 Å². The van der Waals surface area contributed by atoms with E-state index in [1.54, 1.807) is 6.20 Å². The van der Waals surface area contributed by atoms with Crippen molar-refractivity contribution in [2.75, 3.05) is 19.0 Å². The summed E-state index contributed by atoms with van der Waals surface area (Å²) in [5.41, 5.74) is 1.03. The van der Waals surface area contributed by atoms with Crippen LogP contribution in [-0.4, -0.2) is 31.2 Å². The quantitative estimate of drug-likeness (QED) is 0.892. The van der Waals surface area contributed by atoms with Gasteiger partial charge < -0.3 is 15.5 Å². The number of carbonyl (C=O) groups is 1. The topological polar surface area (TPSA) is 57.3 Å². The van der Waals surface area contributed by atoms with Gasteiger partial charge in [0, 0.05) is 38.4 Å². The molecule has 2 fully saturated rings. The number of aromatic nitrogens is 1. The molecular weight excluding hydrogens is 264 g/mol. The Hall–Kier alpha value is -1.78. The highest BCUT2D eigenvalue weighted by Gasteiger charge is 2.40. The second-order valence-electron chi connectivity index (χ2n) is 6.49. The Labute approximate surface area is 126 Å². The number of nitrogens with zero attached hydrogens (tertiary/aromatic N) is 2. The van der Waals surface area contributed by atoms with Crippen molar-refractivity contribution in [3.63, 3.8) is 0 Å². The Bertz CT molecular complexity index is 517. The summed E-state index contributed by atoms with van der Waals surface area (Å²) in [5.74, 6) is 2.45. The third kappa shape index (κ3) is 3.12. The molecule has 3 rings (SSSR count). The summed E-state index contributed by atoms with van der Waals surface area (Å²) in [4.78, 5) is 18.4. The van der Waals surface area contributed by atoms with Crippen LogP contribution < -0.4 is 15.5 Å². The molecule has 3 atom stereocenters. The van der Waals surface area contributed by atoms with Crippen molar-refractivity contribution >= 4 is 11.8 Å². The standard InChI is InChI=1S/C16H24N4O/c1-20(2)15-13(4-3-7-17-15)10-18-16(21)19-14-9-11-5-6-12(14)8-11/h3-4,7,11-12,14H,5-6,8-10H2,1-2H3,(H2,18,19,21). The number of nitrogens with one attached hydrogen (secondary N) is 2. The first kappa shape index (κ1) is 14.2. The Morgan fingerprint density at radius 3 is 2.90 bits per heavy atom. The third-order valence-electron chi connectivity index (χ3n) is 4.79. The van der Waals surface area contributed by atoms with Gasteiger partial charge in [0.2, 0.25) is 0 Å². The van der Waals surface area contributed by atoms with Gasteiger partial charge in [0.15, 0.2) is 0 Å². The van der Waals surface area contributed by atoms with Crippen molar-refractivity contribution < 1.29 is 4.79 Å². The molecule has 5 nitrogen and oxygen atoms in total. The summed E-state index contributed by atoms with van der Waals surface area (Å²) in [6.07, 6.45) is 6.87. The fourth-order valence-corrected chi connectivity index (χ4v) is 3.79. The minimum Gasteiger partial charge on any atom is -0.362 e. The molecule has 0 radical (unpaired) electrons. The van der Waals surface area contributed by atoms with E-state index < -0.39 is 0 Å². The van der Waals surface area contributed by atoms with Crippen molar-refractivity contribution in [2.24, 2.45) is 11.8 Å². The first-order chi connectivity index (χ1) is 10.1. The highest BCUT2D eigenvalue weighted by Crippen LogP contribution is 2.44. The molecule has 3 unspecified atom stereocenters. The van der Waals surface area contributed by atoms with Crippen molar-refractivity contribution in [2.45, 2.75) is 38.3 Å². The van der Waals surface area contributed by atoms with E-state index in [2.05, 4.69) is 15.6 Å². The molecule has 0 saturated heterocycles. The zero-order chi connectivity index (χ0) is 14.8. The fraction of sp³-hybridized carbons (Fsp3) is 0.625. The average molecular weight is 288 g/mol. The molecular formula is C16H24N4O. The van der Waals surface area contributed by atoms with Crippen LogP contribution in [-0.2, 0) is 6.54 Å². The highest BCUT2D eigenvalue weighted by atomic mass is 16.2. The number of amides is 2.